The number of rotatable bonds is 12. The minimum absolute atomic E-state index is 0.0251. The molecule has 2 aliphatic rings. The third-order valence-electron chi connectivity index (χ3n) is 11.8. The lowest BCUT2D eigenvalue weighted by Crippen LogP contribution is -2.43. The van der Waals surface area contributed by atoms with Gasteiger partial charge in [-0.05, 0) is 98.2 Å². The smallest absolute Gasteiger partial charge is 0.245 e. The number of nitrogens with one attached hydrogen (secondary N) is 2. The zero-order valence-electron chi connectivity index (χ0n) is 32.0. The molecule has 4 aromatic carbocycles. The second kappa shape index (κ2) is 15.4. The number of aromatic amines is 2. The van der Waals surface area contributed by atoms with Crippen molar-refractivity contribution in [1.82, 2.24) is 39.5 Å². The zero-order chi connectivity index (χ0) is 37.3. The second-order valence-electron chi connectivity index (χ2n) is 14.8. The molecule has 0 spiro atoms. The molecule has 54 heavy (non-hydrogen) atoms. The highest BCUT2D eigenvalue weighted by molar-refractivity contribution is 6.05. The van der Waals surface area contributed by atoms with Crippen LogP contribution < -0.4 is 0 Å². The number of benzene rings is 4. The van der Waals surface area contributed by atoms with Gasteiger partial charge in [0.2, 0.25) is 11.8 Å². The van der Waals surface area contributed by atoms with Crippen LogP contribution in [-0.4, -0.2) is 97.2 Å². The molecule has 6 aromatic rings. The van der Waals surface area contributed by atoms with E-state index in [4.69, 9.17) is 9.97 Å². The summed E-state index contributed by atoms with van der Waals surface area (Å²) in [7, 11) is 0. The van der Waals surface area contributed by atoms with Gasteiger partial charge in [0.05, 0.1) is 40.7 Å². The van der Waals surface area contributed by atoms with Crippen molar-refractivity contribution in [2.24, 2.45) is 0 Å². The summed E-state index contributed by atoms with van der Waals surface area (Å²) < 4.78 is 0. The molecule has 2 saturated heterocycles. The maximum Gasteiger partial charge on any atom is 0.245 e. The normalized spacial score (nSPS) is 18.3. The molecular weight excluding hydrogens is 673 g/mol. The molecule has 2 aliphatic heterocycles. The van der Waals surface area contributed by atoms with Crippen molar-refractivity contribution in [3.8, 4) is 11.1 Å². The summed E-state index contributed by atoms with van der Waals surface area (Å²) in [6.07, 6.45) is 3.75. The number of likely N-dealkylation sites (tertiary alicyclic amines) is 2. The van der Waals surface area contributed by atoms with Crippen LogP contribution in [0.1, 0.15) is 88.7 Å². The molecule has 2 N–H and O–H groups in total. The molecule has 0 aliphatic carbocycles. The van der Waals surface area contributed by atoms with Gasteiger partial charge in [0.1, 0.15) is 17.7 Å². The van der Waals surface area contributed by atoms with Crippen molar-refractivity contribution in [1.29, 1.82) is 0 Å². The average molecular weight is 725 g/mol. The minimum atomic E-state index is -0.316. The molecule has 0 radical (unpaired) electrons. The predicted octanol–water partition coefficient (Wildman–Crippen LogP) is 8.01. The summed E-state index contributed by atoms with van der Waals surface area (Å²) in [5.41, 5.74) is 7.05. The Bertz CT molecular complexity index is 2270. The lowest BCUT2D eigenvalue weighted by molar-refractivity contribution is -0.138. The van der Waals surface area contributed by atoms with Crippen LogP contribution in [0.5, 0.6) is 0 Å². The van der Waals surface area contributed by atoms with Gasteiger partial charge >= 0.3 is 0 Å². The van der Waals surface area contributed by atoms with Gasteiger partial charge in [-0.1, -0.05) is 82.3 Å². The fourth-order valence-electron chi connectivity index (χ4n) is 8.81. The topological polar surface area (TPSA) is 104 Å². The first-order valence-electron chi connectivity index (χ1n) is 19.9. The molecule has 0 unspecified atom stereocenters. The van der Waals surface area contributed by atoms with Crippen LogP contribution in [0.3, 0.4) is 0 Å². The zero-order valence-corrected chi connectivity index (χ0v) is 32.0. The highest BCUT2D eigenvalue weighted by Crippen LogP contribution is 2.37. The van der Waals surface area contributed by atoms with Gasteiger partial charge in [-0.15, -0.1) is 0 Å². The SMILES string of the molecule is CCN(CC)CC(=O)N1CCC[C@H]1c1nc2c(ccc3cc(-c4ccc5nc([C@@H]6CCCN6C(=O)[C@@H](c6ccccc6)N(CC)CC)[nH]c5c4)ccc32)[nH]1. The van der Waals surface area contributed by atoms with E-state index in [1.54, 1.807) is 0 Å². The van der Waals surface area contributed by atoms with E-state index < -0.39 is 0 Å². The largest absolute Gasteiger partial charge is 0.340 e. The van der Waals surface area contributed by atoms with E-state index in [9.17, 15) is 9.59 Å². The number of amides is 2. The van der Waals surface area contributed by atoms with Crippen LogP contribution in [0.15, 0.2) is 78.9 Å². The number of carbonyl (C=O) groups excluding carboxylic acids is 2. The Balaban J connectivity index is 1.04. The molecule has 2 aromatic heterocycles. The maximum absolute atomic E-state index is 14.3. The fraction of sp³-hybridized carbons (Fsp3) is 0.409. The van der Waals surface area contributed by atoms with Crippen molar-refractivity contribution < 1.29 is 9.59 Å². The summed E-state index contributed by atoms with van der Waals surface area (Å²) >= 11 is 0. The number of imidazole rings is 2. The number of H-pyrrole nitrogens is 2. The number of aromatic nitrogens is 4. The van der Waals surface area contributed by atoms with E-state index in [1.807, 2.05) is 28.0 Å². The maximum atomic E-state index is 14.3. The lowest BCUT2D eigenvalue weighted by atomic mass is 10.0. The molecule has 3 atom stereocenters. The first-order valence-corrected chi connectivity index (χ1v) is 19.9. The average Bonchev–Trinajstić information content (AvgIpc) is 4.04. The Morgan fingerprint density at radius 3 is 2.15 bits per heavy atom. The third kappa shape index (κ3) is 6.66. The number of fused-ring (bicyclic) bond motifs is 4. The predicted molar refractivity (Wildman–Crippen MR) is 216 cm³/mol. The first kappa shape index (κ1) is 35.9. The quantitative estimate of drug-likeness (QED) is 0.133. The number of likely N-dealkylation sites (N-methyl/N-ethyl adjacent to an activating group) is 2. The molecule has 2 fully saturated rings. The molecule has 280 valence electrons. The van der Waals surface area contributed by atoms with E-state index in [-0.39, 0.29) is 29.9 Å². The molecule has 4 heterocycles. The van der Waals surface area contributed by atoms with E-state index >= 15 is 0 Å². The summed E-state index contributed by atoms with van der Waals surface area (Å²) in [4.78, 5) is 53.4. The number of carbonyl (C=O) groups is 2. The fourth-order valence-corrected chi connectivity index (χ4v) is 8.81. The summed E-state index contributed by atoms with van der Waals surface area (Å²) in [5, 5.41) is 2.21. The van der Waals surface area contributed by atoms with Crippen molar-refractivity contribution in [3.05, 3.63) is 96.1 Å². The number of nitrogens with zero attached hydrogens (tertiary/aromatic N) is 6. The monoisotopic (exact) mass is 724 g/mol. The van der Waals surface area contributed by atoms with Crippen LogP contribution in [0.2, 0.25) is 0 Å². The number of hydrogen-bond acceptors (Lipinski definition) is 6. The Hall–Kier alpha value is -5.06. The minimum Gasteiger partial charge on any atom is -0.340 e. The van der Waals surface area contributed by atoms with E-state index in [2.05, 4.69) is 108 Å². The van der Waals surface area contributed by atoms with Crippen molar-refractivity contribution >= 4 is 44.7 Å². The molecule has 0 bridgehead atoms. The lowest BCUT2D eigenvalue weighted by Gasteiger charge is -2.34. The van der Waals surface area contributed by atoms with Gasteiger partial charge in [-0.2, -0.15) is 0 Å². The molecule has 0 saturated carbocycles. The first-order chi connectivity index (χ1) is 26.4. The summed E-state index contributed by atoms with van der Waals surface area (Å²) in [5.74, 6) is 2.05. The van der Waals surface area contributed by atoms with Crippen molar-refractivity contribution in [3.63, 3.8) is 0 Å². The van der Waals surface area contributed by atoms with Crippen LogP contribution >= 0.6 is 0 Å². The molecule has 8 rings (SSSR count). The Kier molecular flexibility index (Phi) is 10.2. The summed E-state index contributed by atoms with van der Waals surface area (Å²) in [6.45, 7) is 13.7. The van der Waals surface area contributed by atoms with Crippen molar-refractivity contribution in [2.75, 3.05) is 45.8 Å². The summed E-state index contributed by atoms with van der Waals surface area (Å²) in [6, 6.07) is 26.9. The van der Waals surface area contributed by atoms with E-state index in [0.717, 1.165) is 126 Å². The van der Waals surface area contributed by atoms with Gasteiger partial charge in [-0.3, -0.25) is 19.4 Å². The molecule has 10 heteroatoms. The highest BCUT2D eigenvalue weighted by Gasteiger charge is 2.38. The molecule has 10 nitrogen and oxygen atoms in total. The Labute approximate surface area is 317 Å². The van der Waals surface area contributed by atoms with Crippen LogP contribution in [0, 0.1) is 0 Å². The van der Waals surface area contributed by atoms with Gasteiger partial charge in [-0.25, -0.2) is 9.97 Å². The van der Waals surface area contributed by atoms with Crippen LogP contribution in [-0.2, 0) is 9.59 Å². The number of hydrogen-bond donors (Lipinski definition) is 2. The van der Waals surface area contributed by atoms with Gasteiger partial charge in [0, 0.05) is 18.5 Å². The standard InChI is InChI=1S/C44H52N8O2/c1-5-49(6-2)28-39(53)51-24-12-16-37(51)43-46-35-23-20-32-26-30(18-21-33(32)40(35)48-43)31-19-22-34-36(27-31)47-42(45-34)38-17-13-25-52(38)44(54)41(50(7-3)8-4)29-14-10-9-11-15-29/h9-11,14-15,18-23,26-27,37-38,41H,5-8,12-13,16-17,24-25,28H2,1-4H3,(H,45,47)(H,46,48)/t37-,38-,41+/m0/s1. The van der Waals surface area contributed by atoms with Gasteiger partial charge < -0.3 is 19.8 Å². The van der Waals surface area contributed by atoms with Crippen LogP contribution in [0.25, 0.3) is 44.0 Å². The Morgan fingerprint density at radius 1 is 0.741 bits per heavy atom. The second-order valence-corrected chi connectivity index (χ2v) is 14.8. The van der Waals surface area contributed by atoms with Crippen molar-refractivity contribution in [2.45, 2.75) is 71.5 Å². The molecule has 2 amide bonds. The third-order valence-corrected chi connectivity index (χ3v) is 11.8. The van der Waals surface area contributed by atoms with Gasteiger partial charge in [0.25, 0.3) is 0 Å². The van der Waals surface area contributed by atoms with Gasteiger partial charge in [0.15, 0.2) is 0 Å². The Morgan fingerprint density at radius 2 is 1.41 bits per heavy atom. The van der Waals surface area contributed by atoms with E-state index in [0.29, 0.717) is 6.54 Å². The molecular formula is C44H52N8O2. The highest BCUT2D eigenvalue weighted by atomic mass is 16.2. The van der Waals surface area contributed by atoms with E-state index in [1.165, 1.54) is 0 Å². The van der Waals surface area contributed by atoms with Crippen LogP contribution in [0.4, 0.5) is 0 Å².